The lowest BCUT2D eigenvalue weighted by Crippen LogP contribution is -2.65. The third-order valence-corrected chi connectivity index (χ3v) is 9.19. The SMILES string of the molecule is COC(=O)CC1C2(C)C3=C(C)C(c4ccoc4)CC3OC2C(O)C2C(C)=CCC(=O)C21C. The van der Waals surface area contributed by atoms with Gasteiger partial charge in [-0.25, -0.2) is 0 Å². The Kier molecular flexibility index (Phi) is 4.84. The minimum Gasteiger partial charge on any atom is -0.472 e. The molecule has 0 radical (unpaired) electrons. The molecule has 8 unspecified atom stereocenters. The van der Waals surface area contributed by atoms with Crippen LogP contribution in [-0.2, 0) is 19.1 Å². The molecule has 3 aliphatic carbocycles. The molecule has 0 aromatic carbocycles. The molecule has 0 spiro atoms. The summed E-state index contributed by atoms with van der Waals surface area (Å²) in [5.41, 5.74) is 2.91. The fourth-order valence-electron chi connectivity index (χ4n) is 7.75. The number of fused-ring (bicyclic) bond motifs is 4. The average molecular weight is 441 g/mol. The van der Waals surface area contributed by atoms with Crippen molar-refractivity contribution >= 4 is 11.8 Å². The van der Waals surface area contributed by atoms with E-state index in [9.17, 15) is 14.7 Å². The van der Waals surface area contributed by atoms with Gasteiger partial charge >= 0.3 is 5.97 Å². The number of hydrogen-bond donors (Lipinski definition) is 1. The van der Waals surface area contributed by atoms with Crippen LogP contribution in [0, 0.1) is 22.7 Å². The number of esters is 1. The maximum absolute atomic E-state index is 13.5. The summed E-state index contributed by atoms with van der Waals surface area (Å²) in [6.07, 6.45) is 5.13. The van der Waals surface area contributed by atoms with Gasteiger partial charge in [0, 0.05) is 29.1 Å². The van der Waals surface area contributed by atoms with E-state index in [2.05, 4.69) is 13.8 Å². The largest absolute Gasteiger partial charge is 0.472 e. The van der Waals surface area contributed by atoms with Crippen molar-refractivity contribution in [2.24, 2.45) is 22.7 Å². The molecule has 32 heavy (non-hydrogen) atoms. The van der Waals surface area contributed by atoms with E-state index in [0.717, 1.165) is 23.1 Å². The standard InChI is InChI=1S/C26H32O6/c1-13-6-7-19(27)25(3)18(11-20(28)30-5)26(4)22-14(2)16(15-8-9-31-12-15)10-17(22)32-24(26)23(29)21(13)25/h6,8-9,12,16-18,21,23-24,29H,7,10-11H2,1-5H3. The highest BCUT2D eigenvalue weighted by atomic mass is 16.5. The van der Waals surface area contributed by atoms with Crippen molar-refractivity contribution in [2.45, 2.75) is 71.2 Å². The maximum Gasteiger partial charge on any atom is 0.305 e. The van der Waals surface area contributed by atoms with Crippen LogP contribution in [-0.4, -0.2) is 42.3 Å². The van der Waals surface area contributed by atoms with Gasteiger partial charge in [-0.1, -0.05) is 31.1 Å². The molecule has 5 rings (SSSR count). The van der Waals surface area contributed by atoms with Crippen molar-refractivity contribution in [3.63, 3.8) is 0 Å². The van der Waals surface area contributed by atoms with E-state index in [4.69, 9.17) is 13.9 Å². The first-order chi connectivity index (χ1) is 15.1. The van der Waals surface area contributed by atoms with E-state index in [1.54, 1.807) is 12.5 Å². The minimum atomic E-state index is -0.878. The van der Waals surface area contributed by atoms with Crippen LogP contribution < -0.4 is 0 Å². The molecule has 0 amide bonds. The van der Waals surface area contributed by atoms with E-state index in [1.165, 1.54) is 12.7 Å². The summed E-state index contributed by atoms with van der Waals surface area (Å²) in [5.74, 6) is -0.808. The average Bonchev–Trinajstić information content (AvgIpc) is 3.45. The summed E-state index contributed by atoms with van der Waals surface area (Å²) >= 11 is 0. The summed E-state index contributed by atoms with van der Waals surface area (Å²) in [6, 6.07) is 1.98. The number of furan rings is 1. The fourth-order valence-corrected chi connectivity index (χ4v) is 7.75. The van der Waals surface area contributed by atoms with E-state index in [1.807, 2.05) is 26.0 Å². The zero-order valence-electron chi connectivity index (χ0n) is 19.4. The van der Waals surface area contributed by atoms with E-state index in [0.29, 0.717) is 6.42 Å². The molecular weight excluding hydrogens is 408 g/mol. The van der Waals surface area contributed by atoms with Crippen molar-refractivity contribution < 1.29 is 28.6 Å². The molecule has 1 saturated carbocycles. The Morgan fingerprint density at radius 1 is 1.28 bits per heavy atom. The number of aliphatic hydroxyl groups is 1. The molecule has 1 aromatic rings. The molecule has 2 fully saturated rings. The molecule has 1 saturated heterocycles. The lowest BCUT2D eigenvalue weighted by atomic mass is 9.44. The van der Waals surface area contributed by atoms with E-state index in [-0.39, 0.29) is 42.0 Å². The Labute approximate surface area is 188 Å². The van der Waals surface area contributed by atoms with Gasteiger partial charge in [0.05, 0.1) is 44.4 Å². The molecule has 172 valence electrons. The van der Waals surface area contributed by atoms with Crippen molar-refractivity contribution in [2.75, 3.05) is 7.11 Å². The zero-order valence-corrected chi connectivity index (χ0v) is 19.4. The van der Waals surface area contributed by atoms with Gasteiger partial charge < -0.3 is 19.0 Å². The molecule has 6 heteroatoms. The van der Waals surface area contributed by atoms with Crippen LogP contribution in [0.2, 0.25) is 0 Å². The molecule has 0 bridgehead atoms. The Balaban J connectivity index is 1.70. The predicted octanol–water partition coefficient (Wildman–Crippen LogP) is 3.95. The highest BCUT2D eigenvalue weighted by molar-refractivity contribution is 5.89. The zero-order chi connectivity index (χ0) is 23.0. The Morgan fingerprint density at radius 3 is 2.69 bits per heavy atom. The number of allylic oxidation sites excluding steroid dienone is 2. The summed E-state index contributed by atoms with van der Waals surface area (Å²) in [7, 11) is 1.39. The number of carbonyl (C=O) groups excluding carboxylic acids is 2. The summed E-state index contributed by atoms with van der Waals surface area (Å²) in [4.78, 5) is 26.1. The molecule has 4 aliphatic rings. The van der Waals surface area contributed by atoms with Crippen molar-refractivity contribution in [1.82, 2.24) is 0 Å². The van der Waals surface area contributed by atoms with Crippen LogP contribution in [0.4, 0.5) is 0 Å². The first-order valence-electron chi connectivity index (χ1n) is 11.5. The van der Waals surface area contributed by atoms with Crippen molar-refractivity contribution in [3.8, 4) is 0 Å². The molecule has 6 nitrogen and oxygen atoms in total. The quantitative estimate of drug-likeness (QED) is 0.566. The second-order valence-electron chi connectivity index (χ2n) is 10.4. The monoisotopic (exact) mass is 440 g/mol. The number of Topliss-reactive ketones (excluding diaryl/α,β-unsaturated/α-hetero) is 1. The third-order valence-electron chi connectivity index (χ3n) is 9.19. The van der Waals surface area contributed by atoms with Crippen LogP contribution >= 0.6 is 0 Å². The number of hydrogen-bond acceptors (Lipinski definition) is 6. The van der Waals surface area contributed by atoms with Gasteiger partial charge in [-0.05, 0) is 43.4 Å². The van der Waals surface area contributed by atoms with Crippen LogP contribution in [0.5, 0.6) is 0 Å². The Bertz CT molecular complexity index is 1020. The predicted molar refractivity (Wildman–Crippen MR) is 117 cm³/mol. The number of rotatable bonds is 3. The molecule has 1 N–H and O–H groups in total. The van der Waals surface area contributed by atoms with Gasteiger partial charge in [0.25, 0.3) is 0 Å². The molecule has 2 heterocycles. The van der Waals surface area contributed by atoms with Crippen LogP contribution in [0.3, 0.4) is 0 Å². The lowest BCUT2D eigenvalue weighted by Gasteiger charge is -2.59. The van der Waals surface area contributed by atoms with Gasteiger partial charge in [-0.2, -0.15) is 0 Å². The van der Waals surface area contributed by atoms with Gasteiger partial charge in [0.1, 0.15) is 5.78 Å². The molecule has 8 atom stereocenters. The molecular formula is C26H32O6. The lowest BCUT2D eigenvalue weighted by molar-refractivity contribution is -0.189. The minimum absolute atomic E-state index is 0.0758. The first-order valence-corrected chi connectivity index (χ1v) is 11.5. The van der Waals surface area contributed by atoms with Crippen LogP contribution in [0.1, 0.15) is 58.4 Å². The Hall–Kier alpha value is -2.18. The van der Waals surface area contributed by atoms with Gasteiger partial charge in [0.2, 0.25) is 0 Å². The van der Waals surface area contributed by atoms with Crippen LogP contribution in [0.25, 0.3) is 0 Å². The van der Waals surface area contributed by atoms with Crippen LogP contribution in [0.15, 0.2) is 45.8 Å². The smallest absolute Gasteiger partial charge is 0.305 e. The van der Waals surface area contributed by atoms with Gasteiger partial charge in [-0.3, -0.25) is 9.59 Å². The van der Waals surface area contributed by atoms with E-state index >= 15 is 0 Å². The summed E-state index contributed by atoms with van der Waals surface area (Å²) in [6.45, 7) is 8.13. The molecule has 1 aromatic heterocycles. The van der Waals surface area contributed by atoms with E-state index < -0.39 is 23.0 Å². The normalized spacial score (nSPS) is 42.9. The number of methoxy groups -OCH3 is 1. The number of ether oxygens (including phenoxy) is 2. The first kappa shape index (κ1) is 21.7. The van der Waals surface area contributed by atoms with Crippen molar-refractivity contribution in [1.29, 1.82) is 0 Å². The fraction of sp³-hybridized carbons (Fsp3) is 0.615. The number of ketones is 1. The highest BCUT2D eigenvalue weighted by Gasteiger charge is 2.71. The highest BCUT2D eigenvalue weighted by Crippen LogP contribution is 2.68. The number of aliphatic hydroxyl groups excluding tert-OH is 1. The van der Waals surface area contributed by atoms with Gasteiger partial charge in [-0.15, -0.1) is 0 Å². The summed E-state index contributed by atoms with van der Waals surface area (Å²) < 4.78 is 17.0. The topological polar surface area (TPSA) is 86.0 Å². The second kappa shape index (κ2) is 7.16. The third kappa shape index (κ3) is 2.59. The number of carbonyl (C=O) groups is 2. The maximum atomic E-state index is 13.5. The summed E-state index contributed by atoms with van der Waals surface area (Å²) in [5, 5.41) is 11.6. The van der Waals surface area contributed by atoms with Gasteiger partial charge in [0.15, 0.2) is 0 Å². The second-order valence-corrected chi connectivity index (χ2v) is 10.4. The Morgan fingerprint density at radius 2 is 2.03 bits per heavy atom. The molecule has 1 aliphatic heterocycles. The van der Waals surface area contributed by atoms with Crippen molar-refractivity contribution in [3.05, 3.63) is 47.0 Å².